The largest absolute Gasteiger partial charge is 0.427 e. The molecule has 1 nitrogen and oxygen atoms in total. The van der Waals surface area contributed by atoms with Gasteiger partial charge in [0.1, 0.15) is 5.03 Å². The lowest BCUT2D eigenvalue weighted by Crippen LogP contribution is -2.22. The van der Waals surface area contributed by atoms with Gasteiger partial charge in [-0.1, -0.05) is 11.6 Å². The van der Waals surface area contributed by atoms with E-state index in [4.69, 9.17) is 0 Å². The normalized spacial score (nSPS) is 15.4. The number of methoxy groups -OCH3 is 1. The molecule has 0 saturated heterocycles. The van der Waals surface area contributed by atoms with Crippen LogP contribution in [0.15, 0.2) is 10.6 Å². The zero-order valence-corrected chi connectivity index (χ0v) is 7.52. The molecule has 0 bridgehead atoms. The second-order valence-electron chi connectivity index (χ2n) is 2.22. The monoisotopic (exact) mass is 242 g/mol. The van der Waals surface area contributed by atoms with Crippen LogP contribution in [0.25, 0.3) is 0 Å². The van der Waals surface area contributed by atoms with Crippen molar-refractivity contribution < 1.29 is 31.1 Å². The maximum Gasteiger partial charge on any atom is 0.427 e. The van der Waals surface area contributed by atoms with E-state index in [-0.39, 0.29) is 0 Å². The molecule has 0 saturated carbocycles. The topological polar surface area (TPSA) is 9.23 Å². The Kier molecular flexibility index (Phi) is 4.26. The molecule has 0 aromatic rings. The molecule has 0 aromatic heterocycles. The minimum Gasteiger partial charge on any atom is -0.380 e. The van der Waals surface area contributed by atoms with Gasteiger partial charge in [-0.3, -0.25) is 0 Å². The molecule has 0 heterocycles. The Morgan fingerprint density at radius 1 is 1.07 bits per heavy atom. The Morgan fingerprint density at radius 3 is 1.71 bits per heavy atom. The second-order valence-corrected chi connectivity index (χ2v) is 2.60. The van der Waals surface area contributed by atoms with E-state index in [9.17, 15) is 26.3 Å². The Labute approximate surface area is 80.3 Å². The van der Waals surface area contributed by atoms with Gasteiger partial charge in [0.15, 0.2) is 0 Å². The summed E-state index contributed by atoms with van der Waals surface area (Å²) in [6, 6.07) is 0. The van der Waals surface area contributed by atoms with Gasteiger partial charge in [0.25, 0.3) is 0 Å². The Balaban J connectivity index is 5.17. The molecule has 0 unspecified atom stereocenters. The molecule has 0 aliphatic rings. The average molecular weight is 243 g/mol. The molecule has 8 heteroatoms. The molecule has 0 atom stereocenters. The molecule has 0 spiro atoms. The predicted octanol–water partition coefficient (Wildman–Crippen LogP) is 3.25. The molecule has 0 aliphatic heterocycles. The van der Waals surface area contributed by atoms with E-state index in [1.807, 2.05) is 0 Å². The van der Waals surface area contributed by atoms with E-state index in [2.05, 4.69) is 16.3 Å². The van der Waals surface area contributed by atoms with Crippen LogP contribution < -0.4 is 0 Å². The summed E-state index contributed by atoms with van der Waals surface area (Å²) >= 11 is 4.54. The van der Waals surface area contributed by atoms with Crippen molar-refractivity contribution in [2.45, 2.75) is 12.4 Å². The number of hydrogen-bond acceptors (Lipinski definition) is 1. The lowest BCUT2D eigenvalue weighted by Gasteiger charge is -2.14. The Morgan fingerprint density at radius 2 is 1.50 bits per heavy atom. The minimum absolute atomic E-state index is 0.840. The molecular weight excluding hydrogens is 238 g/mol. The van der Waals surface area contributed by atoms with Gasteiger partial charge in [0.2, 0.25) is 0 Å². The molecule has 0 aromatic carbocycles. The summed E-state index contributed by atoms with van der Waals surface area (Å²) in [4.78, 5) is 0. The van der Waals surface area contributed by atoms with Crippen LogP contribution in [0.3, 0.4) is 0 Å². The van der Waals surface area contributed by atoms with Crippen LogP contribution in [0.5, 0.6) is 0 Å². The molecular formula is C6H5ClF6O. The van der Waals surface area contributed by atoms with Crippen LogP contribution in [0.4, 0.5) is 26.3 Å². The highest BCUT2D eigenvalue weighted by atomic mass is 35.5. The lowest BCUT2D eigenvalue weighted by atomic mass is 10.2. The smallest absolute Gasteiger partial charge is 0.380 e. The summed E-state index contributed by atoms with van der Waals surface area (Å²) in [6.45, 7) is -1.23. The summed E-state index contributed by atoms with van der Waals surface area (Å²) in [5.74, 6) is 0. The lowest BCUT2D eigenvalue weighted by molar-refractivity contribution is -0.116. The van der Waals surface area contributed by atoms with Crippen molar-refractivity contribution in [2.24, 2.45) is 0 Å². The van der Waals surface area contributed by atoms with E-state index in [1.165, 1.54) is 0 Å². The van der Waals surface area contributed by atoms with E-state index in [0.717, 1.165) is 7.11 Å². The number of alkyl halides is 6. The third-order valence-electron chi connectivity index (χ3n) is 1.14. The summed E-state index contributed by atoms with van der Waals surface area (Å²) in [5, 5.41) is -2.20. The van der Waals surface area contributed by atoms with Gasteiger partial charge in [-0.25, -0.2) is 0 Å². The van der Waals surface area contributed by atoms with Crippen molar-refractivity contribution >= 4 is 11.6 Å². The van der Waals surface area contributed by atoms with Gasteiger partial charge in [-0.2, -0.15) is 26.3 Å². The van der Waals surface area contributed by atoms with Crippen molar-refractivity contribution in [3.63, 3.8) is 0 Å². The molecule has 0 fully saturated rings. The van der Waals surface area contributed by atoms with E-state index >= 15 is 0 Å². The maximum absolute atomic E-state index is 12.0. The standard InChI is InChI=1S/C6H5ClF6O/c1-14-2-3(5(8,9)10)4(7)6(11,12)13/h2H2,1H3. The summed E-state index contributed by atoms with van der Waals surface area (Å²) in [6.07, 6.45) is -10.4. The third kappa shape index (κ3) is 3.75. The number of allylic oxidation sites excluding steroid dienone is 1. The van der Waals surface area contributed by atoms with Crippen LogP contribution in [0.2, 0.25) is 0 Å². The predicted molar refractivity (Wildman–Crippen MR) is 36.9 cm³/mol. The van der Waals surface area contributed by atoms with Gasteiger partial charge in [-0.15, -0.1) is 0 Å². The number of rotatable bonds is 2. The van der Waals surface area contributed by atoms with Crippen molar-refractivity contribution in [3.05, 3.63) is 10.6 Å². The van der Waals surface area contributed by atoms with E-state index in [0.29, 0.717) is 0 Å². The summed E-state index contributed by atoms with van der Waals surface area (Å²) in [5.41, 5.74) is -1.94. The number of halogens is 7. The highest BCUT2D eigenvalue weighted by Crippen LogP contribution is 2.38. The zero-order chi connectivity index (χ0) is 11.6. The van der Waals surface area contributed by atoms with Gasteiger partial charge in [0, 0.05) is 7.11 Å². The number of ether oxygens (including phenoxy) is 1. The van der Waals surface area contributed by atoms with E-state index < -0.39 is 29.6 Å². The Bertz CT molecular complexity index is 227. The van der Waals surface area contributed by atoms with Crippen LogP contribution in [0.1, 0.15) is 0 Å². The highest BCUT2D eigenvalue weighted by Gasteiger charge is 2.44. The fourth-order valence-electron chi connectivity index (χ4n) is 0.585. The fourth-order valence-corrected chi connectivity index (χ4v) is 0.747. The van der Waals surface area contributed by atoms with Crippen LogP contribution in [0, 0.1) is 0 Å². The van der Waals surface area contributed by atoms with Crippen LogP contribution >= 0.6 is 11.6 Å². The van der Waals surface area contributed by atoms with Crippen molar-refractivity contribution in [1.82, 2.24) is 0 Å². The SMILES string of the molecule is COCC(=C(Cl)C(F)(F)F)C(F)(F)F. The van der Waals surface area contributed by atoms with Gasteiger partial charge >= 0.3 is 12.4 Å². The molecule has 0 N–H and O–H groups in total. The van der Waals surface area contributed by atoms with Gasteiger partial charge < -0.3 is 4.74 Å². The highest BCUT2D eigenvalue weighted by molar-refractivity contribution is 6.30. The van der Waals surface area contributed by atoms with Crippen LogP contribution in [-0.2, 0) is 4.74 Å². The molecule has 0 radical (unpaired) electrons. The number of hydrogen-bond donors (Lipinski definition) is 0. The first-order valence-electron chi connectivity index (χ1n) is 3.12. The first-order chi connectivity index (χ1) is 6.10. The third-order valence-corrected chi connectivity index (χ3v) is 1.59. The van der Waals surface area contributed by atoms with Crippen molar-refractivity contribution in [2.75, 3.05) is 13.7 Å². The fraction of sp³-hybridized carbons (Fsp3) is 0.667. The Hall–Kier alpha value is -0.430. The van der Waals surface area contributed by atoms with Crippen molar-refractivity contribution in [1.29, 1.82) is 0 Å². The molecule has 0 aliphatic carbocycles. The molecule has 0 amide bonds. The molecule has 14 heavy (non-hydrogen) atoms. The molecule has 0 rings (SSSR count). The quantitative estimate of drug-likeness (QED) is 0.676. The molecule has 84 valence electrons. The second kappa shape index (κ2) is 4.39. The van der Waals surface area contributed by atoms with Gasteiger partial charge in [-0.05, 0) is 0 Å². The van der Waals surface area contributed by atoms with E-state index in [1.54, 1.807) is 0 Å². The average Bonchev–Trinajstić information content (AvgIpc) is 1.94. The first-order valence-corrected chi connectivity index (χ1v) is 3.50. The summed E-state index contributed by atoms with van der Waals surface area (Å²) in [7, 11) is 0.840. The van der Waals surface area contributed by atoms with Gasteiger partial charge in [0.05, 0.1) is 12.2 Å². The summed E-state index contributed by atoms with van der Waals surface area (Å²) < 4.78 is 75.3. The van der Waals surface area contributed by atoms with Crippen molar-refractivity contribution in [3.8, 4) is 0 Å². The first kappa shape index (κ1) is 13.6. The maximum atomic E-state index is 12.0. The minimum atomic E-state index is -5.22. The van der Waals surface area contributed by atoms with Crippen LogP contribution in [-0.4, -0.2) is 26.1 Å². The zero-order valence-electron chi connectivity index (χ0n) is 6.76.